The van der Waals surface area contributed by atoms with Crippen LogP contribution in [0.2, 0.25) is 0 Å². The molecule has 0 radical (unpaired) electrons. The molecule has 0 spiro atoms. The highest BCUT2D eigenvalue weighted by atomic mass is 16.5. The first-order valence-corrected chi connectivity index (χ1v) is 4.61. The van der Waals surface area contributed by atoms with Crippen molar-refractivity contribution in [2.75, 3.05) is 13.2 Å². The fourth-order valence-electron chi connectivity index (χ4n) is 1.59. The molecule has 0 bridgehead atoms. The molecule has 2 aliphatic rings. The van der Waals surface area contributed by atoms with Crippen molar-refractivity contribution in [1.82, 2.24) is 0 Å². The van der Waals surface area contributed by atoms with Crippen molar-refractivity contribution in [2.24, 2.45) is 11.7 Å². The number of nitrogens with two attached hydrogens (primary N) is 1. The Bertz CT molecular complexity index is 193. The van der Waals surface area contributed by atoms with E-state index in [4.69, 9.17) is 10.5 Å². The van der Waals surface area contributed by atoms with Gasteiger partial charge in [-0.1, -0.05) is 0 Å². The average molecular weight is 169 g/mol. The third-order valence-electron chi connectivity index (χ3n) is 2.78. The number of rotatable bonds is 3. The molecule has 2 rings (SSSR count). The maximum absolute atomic E-state index is 11.6. The summed E-state index contributed by atoms with van der Waals surface area (Å²) in [5.74, 6) is 0.848. The fourth-order valence-corrected chi connectivity index (χ4v) is 1.59. The minimum Gasteiger partial charge on any atom is -0.379 e. The molecule has 0 aromatic heterocycles. The lowest BCUT2D eigenvalue weighted by molar-refractivity contribution is -0.124. The van der Waals surface area contributed by atoms with Gasteiger partial charge in [0.2, 0.25) is 0 Å². The zero-order valence-electron chi connectivity index (χ0n) is 7.21. The number of hydrogen-bond acceptors (Lipinski definition) is 3. The Balaban J connectivity index is 1.91. The molecule has 1 aliphatic carbocycles. The largest absolute Gasteiger partial charge is 0.379 e. The van der Waals surface area contributed by atoms with E-state index in [1.165, 1.54) is 12.8 Å². The first-order valence-electron chi connectivity index (χ1n) is 4.61. The van der Waals surface area contributed by atoms with Crippen LogP contribution in [-0.2, 0) is 9.53 Å². The summed E-state index contributed by atoms with van der Waals surface area (Å²) in [5, 5.41) is 0. The fraction of sp³-hybridized carbons (Fsp3) is 0.889. The normalized spacial score (nSPS) is 35.4. The average Bonchev–Trinajstić information content (AvgIpc) is 2.73. The van der Waals surface area contributed by atoms with Crippen LogP contribution in [0.3, 0.4) is 0 Å². The van der Waals surface area contributed by atoms with E-state index in [0.717, 1.165) is 0 Å². The molecule has 12 heavy (non-hydrogen) atoms. The van der Waals surface area contributed by atoms with E-state index in [9.17, 15) is 4.79 Å². The van der Waals surface area contributed by atoms with Gasteiger partial charge in [0.15, 0.2) is 5.78 Å². The van der Waals surface area contributed by atoms with Gasteiger partial charge in [-0.25, -0.2) is 0 Å². The van der Waals surface area contributed by atoms with E-state index in [2.05, 4.69) is 0 Å². The van der Waals surface area contributed by atoms with E-state index in [0.29, 0.717) is 32.0 Å². The number of hydrogen-bond donors (Lipinski definition) is 1. The smallest absolute Gasteiger partial charge is 0.155 e. The molecule has 2 N–H and O–H groups in total. The SMILES string of the molecule is NC1(C(=O)CC2CC2)CCOC1. The highest BCUT2D eigenvalue weighted by Gasteiger charge is 2.40. The molecule has 2 fully saturated rings. The molecular formula is C9H15NO2. The molecule has 1 atom stereocenters. The Kier molecular flexibility index (Phi) is 1.93. The van der Waals surface area contributed by atoms with E-state index in [1.807, 2.05) is 0 Å². The maximum Gasteiger partial charge on any atom is 0.155 e. The third-order valence-corrected chi connectivity index (χ3v) is 2.78. The molecule has 0 amide bonds. The van der Waals surface area contributed by atoms with Crippen LogP contribution < -0.4 is 5.73 Å². The number of Topliss-reactive ketones (excluding diaryl/α,β-unsaturated/α-hetero) is 1. The summed E-state index contributed by atoms with van der Waals surface area (Å²) < 4.78 is 5.14. The number of ether oxygens (including phenoxy) is 1. The predicted octanol–water partition coefficient (Wildman–Crippen LogP) is 0.473. The second-order valence-corrected chi connectivity index (χ2v) is 4.03. The van der Waals surface area contributed by atoms with Gasteiger partial charge in [0.1, 0.15) is 5.54 Å². The van der Waals surface area contributed by atoms with E-state index >= 15 is 0 Å². The molecule has 0 aromatic carbocycles. The number of ketones is 1. The molecule has 1 saturated carbocycles. The van der Waals surface area contributed by atoms with Gasteiger partial charge in [0.25, 0.3) is 0 Å². The Morgan fingerprint density at radius 1 is 1.58 bits per heavy atom. The van der Waals surface area contributed by atoms with Gasteiger partial charge < -0.3 is 10.5 Å². The quantitative estimate of drug-likeness (QED) is 0.668. The van der Waals surface area contributed by atoms with Gasteiger partial charge in [-0.2, -0.15) is 0 Å². The van der Waals surface area contributed by atoms with Crippen LogP contribution in [0.15, 0.2) is 0 Å². The lowest BCUT2D eigenvalue weighted by atomic mass is 9.91. The summed E-state index contributed by atoms with van der Waals surface area (Å²) in [4.78, 5) is 11.6. The van der Waals surface area contributed by atoms with Crippen molar-refractivity contribution in [1.29, 1.82) is 0 Å². The van der Waals surface area contributed by atoms with Gasteiger partial charge in [-0.3, -0.25) is 4.79 Å². The Morgan fingerprint density at radius 3 is 2.83 bits per heavy atom. The van der Waals surface area contributed by atoms with Crippen molar-refractivity contribution >= 4 is 5.78 Å². The summed E-state index contributed by atoms with van der Waals surface area (Å²) in [5.41, 5.74) is 5.27. The van der Waals surface area contributed by atoms with Crippen LogP contribution in [0, 0.1) is 5.92 Å². The van der Waals surface area contributed by atoms with Crippen molar-refractivity contribution in [3.05, 3.63) is 0 Å². The van der Waals surface area contributed by atoms with Gasteiger partial charge in [-0.05, 0) is 25.2 Å². The van der Waals surface area contributed by atoms with Crippen LogP contribution >= 0.6 is 0 Å². The highest BCUT2D eigenvalue weighted by molar-refractivity contribution is 5.89. The molecule has 3 heteroatoms. The highest BCUT2D eigenvalue weighted by Crippen LogP contribution is 2.34. The molecular weight excluding hydrogens is 154 g/mol. The molecule has 3 nitrogen and oxygen atoms in total. The summed E-state index contributed by atoms with van der Waals surface area (Å²) in [6.45, 7) is 1.07. The molecule has 1 heterocycles. The molecule has 1 saturated heterocycles. The topological polar surface area (TPSA) is 52.3 Å². The summed E-state index contributed by atoms with van der Waals surface area (Å²) in [7, 11) is 0. The number of carbonyl (C=O) groups excluding carboxylic acids is 1. The van der Waals surface area contributed by atoms with Gasteiger partial charge in [0, 0.05) is 13.0 Å². The Labute approximate surface area is 72.3 Å². The zero-order valence-corrected chi connectivity index (χ0v) is 7.21. The lowest BCUT2D eigenvalue weighted by Crippen LogP contribution is -2.48. The Hall–Kier alpha value is -0.410. The first kappa shape index (κ1) is 8.20. The van der Waals surface area contributed by atoms with E-state index in [1.54, 1.807) is 0 Å². The Morgan fingerprint density at radius 2 is 2.33 bits per heavy atom. The van der Waals surface area contributed by atoms with Crippen LogP contribution in [0.25, 0.3) is 0 Å². The van der Waals surface area contributed by atoms with Crippen molar-refractivity contribution in [3.8, 4) is 0 Å². The lowest BCUT2D eigenvalue weighted by Gasteiger charge is -2.19. The van der Waals surface area contributed by atoms with Crippen molar-refractivity contribution in [3.63, 3.8) is 0 Å². The van der Waals surface area contributed by atoms with Gasteiger partial charge in [0.05, 0.1) is 6.61 Å². The predicted molar refractivity (Wildman–Crippen MR) is 44.7 cm³/mol. The maximum atomic E-state index is 11.6. The first-order chi connectivity index (χ1) is 5.71. The van der Waals surface area contributed by atoms with E-state index < -0.39 is 5.54 Å². The molecule has 68 valence electrons. The van der Waals surface area contributed by atoms with E-state index in [-0.39, 0.29) is 5.78 Å². The monoisotopic (exact) mass is 169 g/mol. The van der Waals surface area contributed by atoms with Crippen molar-refractivity contribution < 1.29 is 9.53 Å². The summed E-state index contributed by atoms with van der Waals surface area (Å²) in [6.07, 6.45) is 3.81. The van der Waals surface area contributed by atoms with Crippen LogP contribution in [0.5, 0.6) is 0 Å². The van der Waals surface area contributed by atoms with Crippen LogP contribution in [0.1, 0.15) is 25.7 Å². The standard InChI is InChI=1S/C9H15NO2/c10-9(3-4-12-6-9)8(11)5-7-1-2-7/h7H,1-6,10H2. The molecule has 0 aromatic rings. The van der Waals surface area contributed by atoms with Gasteiger partial charge in [-0.15, -0.1) is 0 Å². The van der Waals surface area contributed by atoms with Crippen LogP contribution in [-0.4, -0.2) is 24.5 Å². The summed E-state index contributed by atoms with van der Waals surface area (Å²) in [6, 6.07) is 0. The second-order valence-electron chi connectivity index (χ2n) is 4.03. The molecule has 1 aliphatic heterocycles. The molecule has 1 unspecified atom stereocenters. The summed E-state index contributed by atoms with van der Waals surface area (Å²) >= 11 is 0. The number of carbonyl (C=O) groups is 1. The van der Waals surface area contributed by atoms with Crippen molar-refractivity contribution in [2.45, 2.75) is 31.2 Å². The van der Waals surface area contributed by atoms with Crippen LogP contribution in [0.4, 0.5) is 0 Å². The zero-order chi connectivity index (χ0) is 8.60. The minimum atomic E-state index is -0.636. The third kappa shape index (κ3) is 1.52. The minimum absolute atomic E-state index is 0.211. The van der Waals surface area contributed by atoms with Gasteiger partial charge >= 0.3 is 0 Å². The second kappa shape index (κ2) is 2.82.